The zero-order valence-corrected chi connectivity index (χ0v) is 12.1. The van der Waals surface area contributed by atoms with Crippen molar-refractivity contribution in [2.75, 3.05) is 32.6 Å². The minimum Gasteiger partial charge on any atom is -0.497 e. The molecule has 1 amide bonds. The van der Waals surface area contributed by atoms with Crippen LogP contribution >= 0.6 is 0 Å². The topological polar surface area (TPSA) is 73.6 Å². The van der Waals surface area contributed by atoms with Gasteiger partial charge in [-0.3, -0.25) is 4.79 Å². The lowest BCUT2D eigenvalue weighted by molar-refractivity contribution is 0.0238. The van der Waals surface area contributed by atoms with Gasteiger partial charge in [-0.15, -0.1) is 0 Å². The summed E-state index contributed by atoms with van der Waals surface area (Å²) in [7, 11) is 1.57. The number of hydrogen-bond acceptors (Lipinski definition) is 4. The van der Waals surface area contributed by atoms with Gasteiger partial charge in [0.1, 0.15) is 5.75 Å². The lowest BCUT2D eigenvalue weighted by Crippen LogP contribution is -2.39. The molecule has 0 bridgehead atoms. The molecule has 3 N–H and O–H groups in total. The maximum Gasteiger partial charge on any atom is 0.253 e. The molecule has 2 rings (SSSR count). The van der Waals surface area contributed by atoms with Crippen LogP contribution in [0.2, 0.25) is 0 Å². The fraction of sp³-hybridized carbons (Fsp3) is 0.533. The normalized spacial score (nSPS) is 17.5. The minimum absolute atomic E-state index is 0.0987. The highest BCUT2D eigenvalue weighted by Crippen LogP contribution is 2.29. The van der Waals surface area contributed by atoms with E-state index < -0.39 is 0 Å². The molecule has 1 aliphatic heterocycles. The smallest absolute Gasteiger partial charge is 0.253 e. The SMILES string of the molecule is COc1ccc(N)c(C(=O)NCC2(C)CCOCC2)c1. The van der Waals surface area contributed by atoms with E-state index in [2.05, 4.69) is 12.2 Å². The van der Waals surface area contributed by atoms with Gasteiger partial charge in [0.15, 0.2) is 0 Å². The predicted molar refractivity (Wildman–Crippen MR) is 77.9 cm³/mol. The molecular formula is C15H22N2O3. The highest BCUT2D eigenvalue weighted by molar-refractivity contribution is 5.99. The Balaban J connectivity index is 2.01. The van der Waals surface area contributed by atoms with Gasteiger partial charge in [-0.25, -0.2) is 0 Å². The quantitative estimate of drug-likeness (QED) is 0.824. The second-order valence-corrected chi connectivity index (χ2v) is 5.56. The Labute approximate surface area is 119 Å². The van der Waals surface area contributed by atoms with Gasteiger partial charge >= 0.3 is 0 Å². The number of benzene rings is 1. The van der Waals surface area contributed by atoms with Gasteiger partial charge in [0.05, 0.1) is 12.7 Å². The third-order valence-corrected chi connectivity index (χ3v) is 3.88. The first-order valence-corrected chi connectivity index (χ1v) is 6.83. The van der Waals surface area contributed by atoms with Crippen LogP contribution in [0.4, 0.5) is 5.69 Å². The lowest BCUT2D eigenvalue weighted by atomic mass is 9.82. The molecular weight excluding hydrogens is 256 g/mol. The molecule has 5 nitrogen and oxygen atoms in total. The molecule has 0 aliphatic carbocycles. The van der Waals surface area contributed by atoms with Gasteiger partial charge in [0.25, 0.3) is 5.91 Å². The van der Waals surface area contributed by atoms with Crippen molar-refractivity contribution < 1.29 is 14.3 Å². The van der Waals surface area contributed by atoms with E-state index in [0.717, 1.165) is 26.1 Å². The molecule has 1 saturated heterocycles. The third kappa shape index (κ3) is 3.42. The summed E-state index contributed by atoms with van der Waals surface area (Å²) in [6, 6.07) is 5.09. The zero-order valence-electron chi connectivity index (χ0n) is 12.1. The second-order valence-electron chi connectivity index (χ2n) is 5.56. The predicted octanol–water partition coefficient (Wildman–Crippen LogP) is 1.82. The van der Waals surface area contributed by atoms with Crippen LogP contribution in [0.5, 0.6) is 5.75 Å². The average molecular weight is 278 g/mol. The van der Waals surface area contributed by atoms with Crippen LogP contribution in [0.1, 0.15) is 30.1 Å². The second kappa shape index (κ2) is 6.13. The standard InChI is InChI=1S/C15H22N2O3/c1-15(5-7-20-8-6-15)10-17-14(18)12-9-11(19-2)3-4-13(12)16/h3-4,9H,5-8,10,16H2,1-2H3,(H,17,18). The molecule has 1 aromatic carbocycles. The van der Waals surface area contributed by atoms with Crippen LogP contribution in [-0.2, 0) is 4.74 Å². The number of methoxy groups -OCH3 is 1. The fourth-order valence-corrected chi connectivity index (χ4v) is 2.29. The molecule has 0 saturated carbocycles. The molecule has 110 valence electrons. The molecule has 1 fully saturated rings. The summed E-state index contributed by atoms with van der Waals surface area (Å²) in [4.78, 5) is 12.2. The molecule has 0 unspecified atom stereocenters. The summed E-state index contributed by atoms with van der Waals surface area (Å²) in [5.74, 6) is 0.468. The van der Waals surface area contributed by atoms with Crippen LogP contribution in [0.15, 0.2) is 18.2 Å². The summed E-state index contributed by atoms with van der Waals surface area (Å²) in [6.45, 7) is 4.32. The Morgan fingerprint density at radius 1 is 1.45 bits per heavy atom. The van der Waals surface area contributed by atoms with E-state index in [9.17, 15) is 4.79 Å². The van der Waals surface area contributed by atoms with E-state index in [1.165, 1.54) is 0 Å². The van der Waals surface area contributed by atoms with Gasteiger partial charge in [-0.1, -0.05) is 6.92 Å². The maximum absolute atomic E-state index is 12.2. The van der Waals surface area contributed by atoms with Gasteiger partial charge in [0, 0.05) is 25.4 Å². The van der Waals surface area contributed by atoms with Gasteiger partial charge < -0.3 is 20.5 Å². The number of nitrogens with two attached hydrogens (primary N) is 1. The molecule has 0 aromatic heterocycles. The van der Waals surface area contributed by atoms with E-state index in [1.807, 2.05) is 0 Å². The van der Waals surface area contributed by atoms with Gasteiger partial charge in [-0.05, 0) is 36.5 Å². The highest BCUT2D eigenvalue weighted by atomic mass is 16.5. The Morgan fingerprint density at radius 3 is 2.80 bits per heavy atom. The van der Waals surface area contributed by atoms with Crippen LogP contribution in [0.25, 0.3) is 0 Å². The van der Waals surface area contributed by atoms with Crippen molar-refractivity contribution >= 4 is 11.6 Å². The van der Waals surface area contributed by atoms with Crippen molar-refractivity contribution in [3.63, 3.8) is 0 Å². The average Bonchev–Trinajstić information content (AvgIpc) is 2.46. The van der Waals surface area contributed by atoms with Crippen LogP contribution in [-0.4, -0.2) is 32.8 Å². The number of hydrogen-bond donors (Lipinski definition) is 2. The zero-order chi connectivity index (χ0) is 14.6. The maximum atomic E-state index is 12.2. The molecule has 1 heterocycles. The Kier molecular flexibility index (Phi) is 4.49. The summed E-state index contributed by atoms with van der Waals surface area (Å²) in [6.07, 6.45) is 1.92. The molecule has 20 heavy (non-hydrogen) atoms. The third-order valence-electron chi connectivity index (χ3n) is 3.88. The minimum atomic E-state index is -0.158. The number of carbonyl (C=O) groups excluding carboxylic acids is 1. The summed E-state index contributed by atoms with van der Waals surface area (Å²) in [5, 5.41) is 2.97. The van der Waals surface area contributed by atoms with E-state index in [4.69, 9.17) is 15.2 Å². The van der Waals surface area contributed by atoms with Crippen molar-refractivity contribution in [3.8, 4) is 5.75 Å². The Morgan fingerprint density at radius 2 is 2.15 bits per heavy atom. The first kappa shape index (κ1) is 14.7. The number of rotatable bonds is 4. The monoisotopic (exact) mass is 278 g/mol. The van der Waals surface area contributed by atoms with Crippen LogP contribution in [0, 0.1) is 5.41 Å². The number of nitrogen functional groups attached to an aromatic ring is 1. The number of ether oxygens (including phenoxy) is 2. The van der Waals surface area contributed by atoms with Crippen molar-refractivity contribution in [2.45, 2.75) is 19.8 Å². The van der Waals surface area contributed by atoms with Crippen LogP contribution in [0.3, 0.4) is 0 Å². The van der Waals surface area contributed by atoms with Gasteiger partial charge in [-0.2, -0.15) is 0 Å². The summed E-state index contributed by atoms with van der Waals surface area (Å²) >= 11 is 0. The summed E-state index contributed by atoms with van der Waals surface area (Å²) < 4.78 is 10.5. The Bertz CT molecular complexity index is 482. The van der Waals surface area contributed by atoms with Crippen molar-refractivity contribution in [3.05, 3.63) is 23.8 Å². The van der Waals surface area contributed by atoms with E-state index in [1.54, 1.807) is 25.3 Å². The number of anilines is 1. The van der Waals surface area contributed by atoms with Crippen molar-refractivity contribution in [1.29, 1.82) is 0 Å². The van der Waals surface area contributed by atoms with Crippen molar-refractivity contribution in [1.82, 2.24) is 5.32 Å². The largest absolute Gasteiger partial charge is 0.497 e. The fourth-order valence-electron chi connectivity index (χ4n) is 2.29. The number of nitrogens with one attached hydrogen (secondary N) is 1. The molecule has 0 spiro atoms. The molecule has 1 aromatic rings. The molecule has 0 atom stereocenters. The highest BCUT2D eigenvalue weighted by Gasteiger charge is 2.28. The van der Waals surface area contributed by atoms with E-state index in [0.29, 0.717) is 23.5 Å². The van der Waals surface area contributed by atoms with Crippen LogP contribution < -0.4 is 15.8 Å². The molecule has 5 heteroatoms. The molecule has 0 radical (unpaired) electrons. The van der Waals surface area contributed by atoms with E-state index in [-0.39, 0.29) is 11.3 Å². The number of carbonyl (C=O) groups is 1. The lowest BCUT2D eigenvalue weighted by Gasteiger charge is -2.33. The first-order valence-electron chi connectivity index (χ1n) is 6.83. The van der Waals surface area contributed by atoms with Crippen molar-refractivity contribution in [2.24, 2.45) is 5.41 Å². The number of amides is 1. The van der Waals surface area contributed by atoms with E-state index >= 15 is 0 Å². The first-order chi connectivity index (χ1) is 9.54. The Hall–Kier alpha value is -1.75. The molecule has 1 aliphatic rings. The van der Waals surface area contributed by atoms with Gasteiger partial charge in [0.2, 0.25) is 0 Å². The summed E-state index contributed by atoms with van der Waals surface area (Å²) in [5.41, 5.74) is 6.87.